The molecule has 46 heavy (non-hydrogen) atoms. The van der Waals surface area contributed by atoms with Gasteiger partial charge in [0.15, 0.2) is 16.3 Å². The highest BCUT2D eigenvalue weighted by Gasteiger charge is 2.35. The van der Waals surface area contributed by atoms with Crippen LogP contribution in [0.4, 0.5) is 0 Å². The van der Waals surface area contributed by atoms with Crippen LogP contribution in [0.5, 0.6) is 17.2 Å². The Labute approximate surface area is 299 Å². The molecular weight excluding hydrogens is 853 g/mol. The van der Waals surface area contributed by atoms with Crippen LogP contribution in [0.3, 0.4) is 0 Å². The average Bonchev–Trinajstić information content (AvgIpc) is 3.33. The Morgan fingerprint density at radius 2 is 1.87 bits per heavy atom. The molecule has 0 saturated heterocycles. The summed E-state index contributed by atoms with van der Waals surface area (Å²) >= 11 is 10.6. The van der Waals surface area contributed by atoms with Crippen molar-refractivity contribution in [2.24, 2.45) is 4.99 Å². The summed E-state index contributed by atoms with van der Waals surface area (Å²) in [6.07, 6.45) is 1.76. The van der Waals surface area contributed by atoms with Gasteiger partial charge >= 0.3 is 5.97 Å². The number of methoxy groups -OCH3 is 2. The van der Waals surface area contributed by atoms with Crippen LogP contribution in [0.25, 0.3) is 6.08 Å². The van der Waals surface area contributed by atoms with Gasteiger partial charge in [-0.3, -0.25) is 9.36 Å². The van der Waals surface area contributed by atoms with Crippen molar-refractivity contribution in [1.29, 1.82) is 5.26 Å². The summed E-state index contributed by atoms with van der Waals surface area (Å²) in [6.45, 7) is 3.77. The lowest BCUT2D eigenvalue weighted by Crippen LogP contribution is -2.40. The maximum absolute atomic E-state index is 14.3. The molecular formula is C33H26Br2IN3O6S. The highest BCUT2D eigenvalue weighted by molar-refractivity contribution is 14.1. The van der Waals surface area contributed by atoms with Crippen molar-refractivity contribution < 1.29 is 23.7 Å². The lowest BCUT2D eigenvalue weighted by atomic mass is 9.95. The van der Waals surface area contributed by atoms with E-state index < -0.39 is 12.0 Å². The first-order valence-electron chi connectivity index (χ1n) is 13.8. The summed E-state index contributed by atoms with van der Waals surface area (Å²) in [5, 5.41) is 9.53. The summed E-state index contributed by atoms with van der Waals surface area (Å²) in [4.78, 5) is 32.8. The number of aromatic nitrogens is 1. The predicted octanol–water partition coefficient (Wildman–Crippen LogP) is 6.40. The quantitative estimate of drug-likeness (QED) is 0.142. The van der Waals surface area contributed by atoms with Crippen LogP contribution in [-0.4, -0.2) is 31.4 Å². The number of hydrogen-bond acceptors (Lipinski definition) is 9. The van der Waals surface area contributed by atoms with Gasteiger partial charge in [-0.25, -0.2) is 9.79 Å². The normalized spacial score (nSPS) is 14.3. The molecule has 0 amide bonds. The summed E-state index contributed by atoms with van der Waals surface area (Å²) in [5.41, 5.74) is 2.86. The largest absolute Gasteiger partial charge is 0.493 e. The molecule has 9 nitrogen and oxygen atoms in total. The molecule has 236 valence electrons. The summed E-state index contributed by atoms with van der Waals surface area (Å²) in [5.74, 6) is 0.909. The van der Waals surface area contributed by atoms with Crippen molar-refractivity contribution in [3.8, 4) is 23.3 Å². The molecule has 1 aromatic heterocycles. The van der Waals surface area contributed by atoms with Crippen molar-refractivity contribution in [3.05, 3.63) is 114 Å². The number of thiazole rings is 1. The lowest BCUT2D eigenvalue weighted by Gasteiger charge is -2.26. The summed E-state index contributed by atoms with van der Waals surface area (Å²) < 4.78 is 26.9. The molecule has 0 N–H and O–H groups in total. The SMILES string of the molecule is CCOC(=O)C1=C(C)N=c2s/c(=C\c3cc(Br)cc(I)c3OCc3ccccc3C#N)c(=O)n2[C@@H]1c1cc(OC)c(OC)cc1Br. The number of carbonyl (C=O) groups is 1. The van der Waals surface area contributed by atoms with Crippen LogP contribution in [0.1, 0.15) is 42.1 Å². The maximum Gasteiger partial charge on any atom is 0.338 e. The van der Waals surface area contributed by atoms with Crippen molar-refractivity contribution in [2.45, 2.75) is 26.5 Å². The van der Waals surface area contributed by atoms with Gasteiger partial charge in [0.05, 0.1) is 57.9 Å². The minimum absolute atomic E-state index is 0.156. The molecule has 3 aromatic carbocycles. The number of allylic oxidation sites excluding steroid dienone is 1. The van der Waals surface area contributed by atoms with E-state index in [2.05, 4.69) is 65.5 Å². The monoisotopic (exact) mass is 877 g/mol. The highest BCUT2D eigenvalue weighted by atomic mass is 127. The van der Waals surface area contributed by atoms with E-state index in [1.807, 2.05) is 24.3 Å². The van der Waals surface area contributed by atoms with Crippen LogP contribution in [0.15, 0.2) is 78.5 Å². The zero-order chi connectivity index (χ0) is 33.1. The highest BCUT2D eigenvalue weighted by Crippen LogP contribution is 2.41. The standard InChI is InChI=1S/C33H26Br2IN3O6S/c1-5-44-32(41)28-17(2)38-33-39(29(28)22-13-25(42-3)26(43-4)14-23(22)35)31(40)27(46-33)11-20-10-21(34)12-24(36)30(20)45-16-19-9-7-6-8-18(19)15-37/h6-14,29H,5,16H2,1-4H3/b27-11-/t29-/m1/s1. The molecule has 0 bridgehead atoms. The van der Waals surface area contributed by atoms with E-state index in [-0.39, 0.29) is 24.3 Å². The van der Waals surface area contributed by atoms with Gasteiger partial charge in [0.25, 0.3) is 5.56 Å². The van der Waals surface area contributed by atoms with Gasteiger partial charge < -0.3 is 18.9 Å². The molecule has 1 aliphatic heterocycles. The Morgan fingerprint density at radius 3 is 2.57 bits per heavy atom. The van der Waals surface area contributed by atoms with Gasteiger partial charge in [-0.15, -0.1) is 0 Å². The smallest absolute Gasteiger partial charge is 0.338 e. The van der Waals surface area contributed by atoms with E-state index in [0.717, 1.165) is 13.6 Å². The minimum Gasteiger partial charge on any atom is -0.493 e. The topological polar surface area (TPSA) is 112 Å². The van der Waals surface area contributed by atoms with Gasteiger partial charge in [-0.2, -0.15) is 5.26 Å². The van der Waals surface area contributed by atoms with Crippen molar-refractivity contribution >= 4 is 77.8 Å². The number of nitriles is 1. The number of carbonyl (C=O) groups excluding carboxylic acids is 1. The lowest BCUT2D eigenvalue weighted by molar-refractivity contribution is -0.139. The first-order chi connectivity index (χ1) is 22.1. The van der Waals surface area contributed by atoms with Crippen LogP contribution in [0.2, 0.25) is 0 Å². The zero-order valence-electron chi connectivity index (χ0n) is 25.0. The first kappa shape index (κ1) is 33.9. The molecule has 2 heterocycles. The van der Waals surface area contributed by atoms with Gasteiger partial charge in [-0.1, -0.05) is 61.4 Å². The number of nitrogens with zero attached hydrogens (tertiary/aromatic N) is 3. The number of benzene rings is 3. The van der Waals surface area contributed by atoms with Gasteiger partial charge in [0, 0.05) is 20.1 Å². The molecule has 1 aliphatic rings. The fraction of sp³-hybridized carbons (Fsp3) is 0.212. The second-order valence-electron chi connectivity index (χ2n) is 9.89. The summed E-state index contributed by atoms with van der Waals surface area (Å²) in [6, 6.07) is 15.8. The number of hydrogen-bond donors (Lipinski definition) is 0. The number of fused-ring (bicyclic) bond motifs is 1. The fourth-order valence-electron chi connectivity index (χ4n) is 5.05. The van der Waals surface area contributed by atoms with E-state index in [0.29, 0.717) is 53.4 Å². The van der Waals surface area contributed by atoms with Gasteiger partial charge in [-0.05, 0) is 78.4 Å². The zero-order valence-corrected chi connectivity index (χ0v) is 31.2. The molecule has 0 radical (unpaired) electrons. The van der Waals surface area contributed by atoms with Crippen LogP contribution < -0.4 is 29.1 Å². The first-order valence-corrected chi connectivity index (χ1v) is 17.3. The van der Waals surface area contributed by atoms with Gasteiger partial charge in [0.1, 0.15) is 12.4 Å². The molecule has 5 rings (SSSR count). The number of rotatable bonds is 9. The maximum atomic E-state index is 14.3. The van der Waals surface area contributed by atoms with Crippen LogP contribution in [0, 0.1) is 14.9 Å². The predicted molar refractivity (Wildman–Crippen MR) is 190 cm³/mol. The van der Waals surface area contributed by atoms with Crippen LogP contribution >= 0.6 is 65.8 Å². The number of halogens is 3. The molecule has 0 aliphatic carbocycles. The van der Waals surface area contributed by atoms with E-state index in [9.17, 15) is 14.9 Å². The number of ether oxygens (including phenoxy) is 4. The third-order valence-electron chi connectivity index (χ3n) is 7.15. The molecule has 0 spiro atoms. The molecule has 13 heteroatoms. The summed E-state index contributed by atoms with van der Waals surface area (Å²) in [7, 11) is 3.05. The van der Waals surface area contributed by atoms with Crippen molar-refractivity contribution in [3.63, 3.8) is 0 Å². The Kier molecular flexibility index (Phi) is 10.7. The second kappa shape index (κ2) is 14.5. The molecule has 4 aromatic rings. The third kappa shape index (κ3) is 6.67. The molecule has 0 saturated carbocycles. The van der Waals surface area contributed by atoms with Crippen molar-refractivity contribution in [2.75, 3.05) is 20.8 Å². The number of esters is 1. The Balaban J connectivity index is 1.70. The molecule has 0 fully saturated rings. The Morgan fingerprint density at radius 1 is 1.15 bits per heavy atom. The minimum atomic E-state index is -0.868. The average molecular weight is 879 g/mol. The molecule has 0 unspecified atom stereocenters. The molecule has 1 atom stereocenters. The van der Waals surface area contributed by atoms with E-state index >= 15 is 0 Å². The fourth-order valence-corrected chi connectivity index (χ4v) is 8.33. The second-order valence-corrected chi connectivity index (χ2v) is 13.8. The van der Waals surface area contributed by atoms with E-state index in [1.165, 1.54) is 30.1 Å². The van der Waals surface area contributed by atoms with E-state index in [1.54, 1.807) is 44.2 Å². The van der Waals surface area contributed by atoms with Crippen molar-refractivity contribution in [1.82, 2.24) is 4.57 Å². The Bertz CT molecular complexity index is 2120. The Hall–Kier alpha value is -3.45. The third-order valence-corrected chi connectivity index (χ3v) is 10.1. The van der Waals surface area contributed by atoms with E-state index in [4.69, 9.17) is 18.9 Å². The van der Waals surface area contributed by atoms with Crippen LogP contribution in [-0.2, 0) is 16.1 Å². The van der Waals surface area contributed by atoms with Gasteiger partial charge in [0.2, 0.25) is 0 Å².